The summed E-state index contributed by atoms with van der Waals surface area (Å²) in [5.41, 5.74) is 3.08. The van der Waals surface area contributed by atoms with Crippen LogP contribution in [-0.4, -0.2) is 15.6 Å². The van der Waals surface area contributed by atoms with E-state index in [4.69, 9.17) is 5.11 Å². The summed E-state index contributed by atoms with van der Waals surface area (Å²) >= 11 is 0. The van der Waals surface area contributed by atoms with Crippen molar-refractivity contribution in [2.45, 2.75) is 13.5 Å². The summed E-state index contributed by atoms with van der Waals surface area (Å²) in [6.07, 6.45) is 1.83. The number of benzene rings is 1. The first kappa shape index (κ1) is 12.4. The van der Waals surface area contributed by atoms with Gasteiger partial charge in [0.15, 0.2) is 0 Å². The fourth-order valence-electron chi connectivity index (χ4n) is 1.79. The lowest BCUT2D eigenvalue weighted by molar-refractivity contribution is 0.101. The first-order valence-corrected chi connectivity index (χ1v) is 5.75. The van der Waals surface area contributed by atoms with Gasteiger partial charge in [0.25, 0.3) is 5.91 Å². The molecule has 0 aliphatic carbocycles. The van der Waals surface area contributed by atoms with Gasteiger partial charge in [0.2, 0.25) is 0 Å². The van der Waals surface area contributed by atoms with Crippen molar-refractivity contribution in [1.29, 1.82) is 0 Å². The number of aliphatic hydroxyl groups excluding tert-OH is 1. The molecule has 2 N–H and O–H groups in total. The van der Waals surface area contributed by atoms with Crippen molar-refractivity contribution in [1.82, 2.24) is 4.57 Å². The molecule has 0 unspecified atom stereocenters. The summed E-state index contributed by atoms with van der Waals surface area (Å²) in [4.78, 5) is 12.1. The third-order valence-electron chi connectivity index (χ3n) is 2.91. The summed E-state index contributed by atoms with van der Waals surface area (Å²) in [6.45, 7) is 1.88. The molecule has 0 bridgehead atoms. The number of aromatic nitrogens is 1. The molecule has 2 rings (SSSR count). The molecule has 0 radical (unpaired) electrons. The minimum absolute atomic E-state index is 0.0344. The van der Waals surface area contributed by atoms with E-state index in [-0.39, 0.29) is 12.5 Å². The summed E-state index contributed by atoms with van der Waals surface area (Å²) < 4.78 is 1.76. The van der Waals surface area contributed by atoms with Gasteiger partial charge in [-0.1, -0.05) is 12.1 Å². The number of nitrogens with one attached hydrogen (secondary N) is 1. The maximum Gasteiger partial charge on any atom is 0.272 e. The van der Waals surface area contributed by atoms with Crippen molar-refractivity contribution in [3.63, 3.8) is 0 Å². The first-order valence-electron chi connectivity index (χ1n) is 5.75. The molecule has 0 aliphatic heterocycles. The van der Waals surface area contributed by atoms with E-state index in [0.717, 1.165) is 16.8 Å². The van der Waals surface area contributed by atoms with Crippen LogP contribution in [0.2, 0.25) is 0 Å². The van der Waals surface area contributed by atoms with Crippen molar-refractivity contribution in [2.75, 3.05) is 5.32 Å². The number of hydrogen-bond acceptors (Lipinski definition) is 2. The maximum atomic E-state index is 12.1. The summed E-state index contributed by atoms with van der Waals surface area (Å²) in [6, 6.07) is 9.10. The Hall–Kier alpha value is -2.07. The third kappa shape index (κ3) is 2.43. The standard InChI is InChI=1S/C14H16N2O2/c1-10-5-6-11(9-17)8-12(10)15-14(18)13-4-3-7-16(13)2/h3-8,17H,9H2,1-2H3,(H,15,18). The number of amides is 1. The Morgan fingerprint density at radius 3 is 2.78 bits per heavy atom. The highest BCUT2D eigenvalue weighted by Gasteiger charge is 2.10. The Bertz CT molecular complexity index is 573. The largest absolute Gasteiger partial charge is 0.392 e. The fourth-order valence-corrected chi connectivity index (χ4v) is 1.79. The number of nitrogens with zero attached hydrogens (tertiary/aromatic N) is 1. The monoisotopic (exact) mass is 244 g/mol. The van der Waals surface area contributed by atoms with Crippen molar-refractivity contribution < 1.29 is 9.90 Å². The lowest BCUT2D eigenvalue weighted by atomic mass is 10.1. The smallest absolute Gasteiger partial charge is 0.272 e. The lowest BCUT2D eigenvalue weighted by Gasteiger charge is -2.10. The van der Waals surface area contributed by atoms with Gasteiger partial charge in [0.05, 0.1) is 6.61 Å². The number of rotatable bonds is 3. The van der Waals surface area contributed by atoms with Crippen LogP contribution in [0.3, 0.4) is 0 Å². The molecule has 2 aromatic rings. The molecule has 4 nitrogen and oxygen atoms in total. The van der Waals surface area contributed by atoms with Gasteiger partial charge < -0.3 is 15.0 Å². The van der Waals surface area contributed by atoms with Gasteiger partial charge in [0, 0.05) is 18.9 Å². The van der Waals surface area contributed by atoms with Gasteiger partial charge in [-0.15, -0.1) is 0 Å². The molecule has 0 saturated heterocycles. The minimum atomic E-state index is -0.152. The van der Waals surface area contributed by atoms with E-state index in [1.807, 2.05) is 38.4 Å². The number of carbonyl (C=O) groups is 1. The van der Waals surface area contributed by atoms with Crippen LogP contribution in [0.4, 0.5) is 5.69 Å². The van der Waals surface area contributed by atoms with Crippen LogP contribution >= 0.6 is 0 Å². The second-order valence-electron chi connectivity index (χ2n) is 4.27. The summed E-state index contributed by atoms with van der Waals surface area (Å²) in [5.74, 6) is -0.152. The van der Waals surface area contributed by atoms with Crippen LogP contribution in [0.1, 0.15) is 21.6 Å². The number of hydrogen-bond donors (Lipinski definition) is 2. The molecule has 1 aromatic carbocycles. The molecule has 1 heterocycles. The van der Waals surface area contributed by atoms with E-state index in [2.05, 4.69) is 5.32 Å². The topological polar surface area (TPSA) is 54.3 Å². The van der Waals surface area contributed by atoms with E-state index in [0.29, 0.717) is 5.69 Å². The maximum absolute atomic E-state index is 12.1. The molecule has 1 amide bonds. The highest BCUT2D eigenvalue weighted by atomic mass is 16.3. The van der Waals surface area contributed by atoms with Crippen LogP contribution < -0.4 is 5.32 Å². The zero-order chi connectivity index (χ0) is 13.1. The lowest BCUT2D eigenvalue weighted by Crippen LogP contribution is -2.16. The van der Waals surface area contributed by atoms with Gasteiger partial charge in [0.1, 0.15) is 5.69 Å². The Kier molecular flexibility index (Phi) is 3.48. The van der Waals surface area contributed by atoms with Crippen LogP contribution in [0.15, 0.2) is 36.5 Å². The molecule has 0 fully saturated rings. The second kappa shape index (κ2) is 5.06. The average molecular weight is 244 g/mol. The van der Waals surface area contributed by atoms with Gasteiger partial charge in [-0.3, -0.25) is 4.79 Å². The minimum Gasteiger partial charge on any atom is -0.392 e. The SMILES string of the molecule is Cc1ccc(CO)cc1NC(=O)c1cccn1C. The molecule has 4 heteroatoms. The zero-order valence-electron chi connectivity index (χ0n) is 10.5. The normalized spacial score (nSPS) is 10.4. The van der Waals surface area contributed by atoms with Gasteiger partial charge in [-0.2, -0.15) is 0 Å². The highest BCUT2D eigenvalue weighted by Crippen LogP contribution is 2.18. The summed E-state index contributed by atoms with van der Waals surface area (Å²) in [5, 5.41) is 12.0. The van der Waals surface area contributed by atoms with Crippen molar-refractivity contribution in [3.05, 3.63) is 53.3 Å². The molecule has 94 valence electrons. The van der Waals surface area contributed by atoms with E-state index in [1.165, 1.54) is 0 Å². The molecule has 0 saturated carbocycles. The molecule has 0 atom stereocenters. The predicted octanol–water partition coefficient (Wildman–Crippen LogP) is 2.08. The van der Waals surface area contributed by atoms with E-state index >= 15 is 0 Å². The number of aliphatic hydroxyl groups is 1. The Morgan fingerprint density at radius 1 is 1.39 bits per heavy atom. The summed E-state index contributed by atoms with van der Waals surface area (Å²) in [7, 11) is 1.83. The Balaban J connectivity index is 2.24. The van der Waals surface area contributed by atoms with E-state index < -0.39 is 0 Å². The van der Waals surface area contributed by atoms with E-state index in [1.54, 1.807) is 16.7 Å². The van der Waals surface area contributed by atoms with Crippen molar-refractivity contribution >= 4 is 11.6 Å². The van der Waals surface area contributed by atoms with Crippen LogP contribution in [0, 0.1) is 6.92 Å². The third-order valence-corrected chi connectivity index (χ3v) is 2.91. The van der Waals surface area contributed by atoms with Crippen molar-refractivity contribution in [3.8, 4) is 0 Å². The molecule has 0 spiro atoms. The van der Waals surface area contributed by atoms with Gasteiger partial charge in [-0.05, 0) is 36.2 Å². The van der Waals surface area contributed by atoms with E-state index in [9.17, 15) is 4.79 Å². The Labute approximate surface area is 106 Å². The predicted molar refractivity (Wildman–Crippen MR) is 70.5 cm³/mol. The second-order valence-corrected chi connectivity index (χ2v) is 4.27. The molecular formula is C14H16N2O2. The molecule has 1 aromatic heterocycles. The quantitative estimate of drug-likeness (QED) is 0.868. The van der Waals surface area contributed by atoms with Crippen LogP contribution in [0.5, 0.6) is 0 Å². The number of carbonyl (C=O) groups excluding carboxylic acids is 1. The highest BCUT2D eigenvalue weighted by molar-refractivity contribution is 6.03. The van der Waals surface area contributed by atoms with Crippen LogP contribution in [0.25, 0.3) is 0 Å². The Morgan fingerprint density at radius 2 is 2.17 bits per heavy atom. The fraction of sp³-hybridized carbons (Fsp3) is 0.214. The van der Waals surface area contributed by atoms with Crippen LogP contribution in [-0.2, 0) is 13.7 Å². The van der Waals surface area contributed by atoms with Gasteiger partial charge in [-0.25, -0.2) is 0 Å². The van der Waals surface area contributed by atoms with Crippen molar-refractivity contribution in [2.24, 2.45) is 7.05 Å². The van der Waals surface area contributed by atoms with Gasteiger partial charge >= 0.3 is 0 Å². The molecular weight excluding hydrogens is 228 g/mol. The molecule has 0 aliphatic rings. The number of aryl methyl sites for hydroxylation is 2. The molecule has 18 heavy (non-hydrogen) atoms. The zero-order valence-corrected chi connectivity index (χ0v) is 10.5. The number of anilines is 1. The average Bonchev–Trinajstić information content (AvgIpc) is 2.78. The first-order chi connectivity index (χ1) is 8.61.